The molecule has 2 rings (SSSR count). The summed E-state index contributed by atoms with van der Waals surface area (Å²) in [5.74, 6) is 0. The summed E-state index contributed by atoms with van der Waals surface area (Å²) in [5.41, 5.74) is 7.72. The zero-order chi connectivity index (χ0) is 11.4. The van der Waals surface area contributed by atoms with Gasteiger partial charge in [0.1, 0.15) is 0 Å². The fourth-order valence-electron chi connectivity index (χ4n) is 1.95. The molecule has 0 fully saturated rings. The lowest BCUT2D eigenvalue weighted by Gasteiger charge is -2.05. The van der Waals surface area contributed by atoms with E-state index in [0.29, 0.717) is 6.42 Å². The minimum atomic E-state index is -0.209. The Morgan fingerprint density at radius 1 is 1.12 bits per heavy atom. The maximum absolute atomic E-state index is 11.9. The Kier molecular flexibility index (Phi) is 3.44. The van der Waals surface area contributed by atoms with Gasteiger partial charge in [-0.1, -0.05) is 6.07 Å². The first-order chi connectivity index (χ1) is 7.81. The lowest BCUT2D eigenvalue weighted by atomic mass is 10.2. The molecule has 0 unspecified atom stereocenters. The van der Waals surface area contributed by atoms with Gasteiger partial charge in [0, 0.05) is 18.4 Å². The van der Waals surface area contributed by atoms with Crippen molar-refractivity contribution in [3.63, 3.8) is 0 Å². The molecule has 0 saturated heterocycles. The number of alkyl halides is 1. The number of hydrogen-bond acceptors (Lipinski definition) is 1. The minimum absolute atomic E-state index is 0.209. The van der Waals surface area contributed by atoms with E-state index in [1.165, 1.54) is 10.9 Å². The fourth-order valence-corrected chi connectivity index (χ4v) is 1.95. The number of anilines is 1. The Balaban J connectivity index is 2.09. The maximum atomic E-state index is 11.9. The van der Waals surface area contributed by atoms with E-state index in [1.54, 1.807) is 0 Å². The molecular weight excluding hydrogens is 203 g/mol. The summed E-state index contributed by atoms with van der Waals surface area (Å²) < 4.78 is 14.1. The summed E-state index contributed by atoms with van der Waals surface area (Å²) in [6, 6.07) is 8.02. The maximum Gasteiger partial charge on any atom is 0.0894 e. The second-order valence-corrected chi connectivity index (χ2v) is 4.08. The molecule has 2 aromatic rings. The molecule has 0 bridgehead atoms. The van der Waals surface area contributed by atoms with Gasteiger partial charge >= 0.3 is 0 Å². The zero-order valence-corrected chi connectivity index (χ0v) is 9.32. The molecule has 3 heteroatoms. The van der Waals surface area contributed by atoms with Crippen LogP contribution in [0.3, 0.4) is 0 Å². The first-order valence-electron chi connectivity index (χ1n) is 5.71. The second kappa shape index (κ2) is 5.01. The Morgan fingerprint density at radius 3 is 2.81 bits per heavy atom. The number of aryl methyl sites for hydroxylation is 1. The van der Waals surface area contributed by atoms with Crippen molar-refractivity contribution in [1.29, 1.82) is 0 Å². The molecule has 86 valence electrons. The Morgan fingerprint density at radius 2 is 2.00 bits per heavy atom. The van der Waals surface area contributed by atoms with Crippen molar-refractivity contribution in [2.45, 2.75) is 25.8 Å². The van der Waals surface area contributed by atoms with E-state index < -0.39 is 0 Å². The van der Waals surface area contributed by atoms with Crippen LogP contribution in [0.15, 0.2) is 30.5 Å². The van der Waals surface area contributed by atoms with Gasteiger partial charge in [0.15, 0.2) is 0 Å². The van der Waals surface area contributed by atoms with Crippen LogP contribution in [-0.4, -0.2) is 11.2 Å². The Hall–Kier alpha value is -1.51. The predicted octanol–water partition coefficient (Wildman–Crippen LogP) is 3.36. The Bertz CT molecular complexity index is 462. The standard InChI is InChI=1S/C13H17FN2/c14-7-2-1-3-8-16-9-6-11-4-5-12(15)10-13(11)16/h4-6,9-10H,1-3,7-8,15H2. The molecule has 1 aromatic heterocycles. The molecule has 0 amide bonds. The first kappa shape index (κ1) is 11.0. The van der Waals surface area contributed by atoms with Gasteiger partial charge in [-0.05, 0) is 42.8 Å². The van der Waals surface area contributed by atoms with E-state index in [4.69, 9.17) is 5.73 Å². The second-order valence-electron chi connectivity index (χ2n) is 4.08. The van der Waals surface area contributed by atoms with Crippen LogP contribution in [0.5, 0.6) is 0 Å². The molecule has 0 aliphatic carbocycles. The van der Waals surface area contributed by atoms with E-state index in [9.17, 15) is 4.39 Å². The molecule has 0 spiro atoms. The lowest BCUT2D eigenvalue weighted by molar-refractivity contribution is 0.449. The summed E-state index contributed by atoms with van der Waals surface area (Å²) in [6.07, 6.45) is 4.70. The van der Waals surface area contributed by atoms with Crippen LogP contribution in [-0.2, 0) is 6.54 Å². The van der Waals surface area contributed by atoms with Crippen molar-refractivity contribution in [2.75, 3.05) is 12.4 Å². The number of fused-ring (bicyclic) bond motifs is 1. The van der Waals surface area contributed by atoms with E-state index in [-0.39, 0.29) is 6.67 Å². The van der Waals surface area contributed by atoms with Crippen LogP contribution in [0.2, 0.25) is 0 Å². The van der Waals surface area contributed by atoms with Crippen LogP contribution < -0.4 is 5.73 Å². The highest BCUT2D eigenvalue weighted by molar-refractivity contribution is 5.83. The van der Waals surface area contributed by atoms with Crippen LogP contribution >= 0.6 is 0 Å². The summed E-state index contributed by atoms with van der Waals surface area (Å²) in [7, 11) is 0. The van der Waals surface area contributed by atoms with Gasteiger partial charge in [-0.15, -0.1) is 0 Å². The number of nitrogen functional groups attached to an aromatic ring is 1. The topological polar surface area (TPSA) is 30.9 Å². The third-order valence-corrected chi connectivity index (χ3v) is 2.83. The van der Waals surface area contributed by atoms with Gasteiger partial charge < -0.3 is 10.3 Å². The van der Waals surface area contributed by atoms with E-state index in [1.807, 2.05) is 18.2 Å². The molecule has 2 nitrogen and oxygen atoms in total. The van der Waals surface area contributed by atoms with E-state index >= 15 is 0 Å². The van der Waals surface area contributed by atoms with Gasteiger partial charge in [0.2, 0.25) is 0 Å². The van der Waals surface area contributed by atoms with Gasteiger partial charge in [0.25, 0.3) is 0 Å². The largest absolute Gasteiger partial charge is 0.399 e. The normalized spacial score (nSPS) is 11.1. The van der Waals surface area contributed by atoms with Crippen molar-refractivity contribution in [3.05, 3.63) is 30.5 Å². The molecule has 0 radical (unpaired) electrons. The lowest BCUT2D eigenvalue weighted by Crippen LogP contribution is -1.96. The van der Waals surface area contributed by atoms with Crippen molar-refractivity contribution >= 4 is 16.6 Å². The number of aromatic nitrogens is 1. The third-order valence-electron chi connectivity index (χ3n) is 2.83. The third kappa shape index (κ3) is 2.35. The zero-order valence-electron chi connectivity index (χ0n) is 9.32. The van der Waals surface area contributed by atoms with Crippen molar-refractivity contribution in [3.8, 4) is 0 Å². The fraction of sp³-hybridized carbons (Fsp3) is 0.385. The molecule has 0 saturated carbocycles. The number of rotatable bonds is 5. The quantitative estimate of drug-likeness (QED) is 0.608. The van der Waals surface area contributed by atoms with Crippen molar-refractivity contribution in [1.82, 2.24) is 4.57 Å². The smallest absolute Gasteiger partial charge is 0.0894 e. The molecule has 0 aliphatic rings. The predicted molar refractivity (Wildman–Crippen MR) is 66.2 cm³/mol. The first-order valence-corrected chi connectivity index (χ1v) is 5.71. The molecule has 0 aliphatic heterocycles. The summed E-state index contributed by atoms with van der Waals surface area (Å²) in [4.78, 5) is 0. The molecule has 0 atom stereocenters. The highest BCUT2D eigenvalue weighted by atomic mass is 19.1. The van der Waals surface area contributed by atoms with Crippen molar-refractivity contribution in [2.24, 2.45) is 0 Å². The van der Waals surface area contributed by atoms with Gasteiger partial charge in [0.05, 0.1) is 12.2 Å². The summed E-state index contributed by atoms with van der Waals surface area (Å²) in [5, 5.41) is 1.21. The highest BCUT2D eigenvalue weighted by Gasteiger charge is 2.00. The average Bonchev–Trinajstić information content (AvgIpc) is 2.67. The molecule has 1 heterocycles. The highest BCUT2D eigenvalue weighted by Crippen LogP contribution is 2.19. The molecule has 1 aromatic carbocycles. The number of unbranched alkanes of at least 4 members (excludes halogenated alkanes) is 2. The number of halogens is 1. The monoisotopic (exact) mass is 220 g/mol. The number of nitrogens with two attached hydrogens (primary N) is 1. The van der Waals surface area contributed by atoms with Gasteiger partial charge in [-0.2, -0.15) is 0 Å². The van der Waals surface area contributed by atoms with Crippen molar-refractivity contribution < 1.29 is 4.39 Å². The van der Waals surface area contributed by atoms with Gasteiger partial charge in [-0.3, -0.25) is 4.39 Å². The molecule has 2 N–H and O–H groups in total. The SMILES string of the molecule is Nc1ccc2ccn(CCCCCF)c2c1. The molecular formula is C13H17FN2. The summed E-state index contributed by atoms with van der Waals surface area (Å²) >= 11 is 0. The van der Waals surface area contributed by atoms with Crippen LogP contribution in [0, 0.1) is 0 Å². The van der Waals surface area contributed by atoms with Crippen LogP contribution in [0.25, 0.3) is 10.9 Å². The van der Waals surface area contributed by atoms with Crippen LogP contribution in [0.4, 0.5) is 10.1 Å². The summed E-state index contributed by atoms with van der Waals surface area (Å²) in [6.45, 7) is 0.728. The van der Waals surface area contributed by atoms with E-state index in [2.05, 4.69) is 16.8 Å². The van der Waals surface area contributed by atoms with Crippen LogP contribution in [0.1, 0.15) is 19.3 Å². The number of nitrogens with zero attached hydrogens (tertiary/aromatic N) is 1. The van der Waals surface area contributed by atoms with Gasteiger partial charge in [-0.25, -0.2) is 0 Å². The molecule has 16 heavy (non-hydrogen) atoms. The number of benzene rings is 1. The van der Waals surface area contributed by atoms with E-state index in [0.717, 1.165) is 25.1 Å². The Labute approximate surface area is 94.9 Å². The number of hydrogen-bond donors (Lipinski definition) is 1. The minimum Gasteiger partial charge on any atom is -0.399 e. The average molecular weight is 220 g/mol.